The molecule has 2 heteroatoms. The highest BCUT2D eigenvalue weighted by molar-refractivity contribution is 5.56. The average molecular weight is 214 g/mol. The molecule has 0 aromatic heterocycles. The fourth-order valence-corrected chi connectivity index (χ4v) is 2.71. The van der Waals surface area contributed by atoms with E-state index in [0.29, 0.717) is 18.4 Å². The minimum Gasteiger partial charge on any atom is -0.358 e. The second-order valence-corrected chi connectivity index (χ2v) is 4.84. The molecule has 1 aromatic carbocycles. The number of hydrogen-bond acceptors (Lipinski definition) is 2. The van der Waals surface area contributed by atoms with Crippen LogP contribution in [0.1, 0.15) is 31.7 Å². The molecule has 2 rings (SSSR count). The Kier molecular flexibility index (Phi) is 3.14. The van der Waals surface area contributed by atoms with Gasteiger partial charge in [0.25, 0.3) is 0 Å². The molecule has 1 aliphatic heterocycles. The van der Waals surface area contributed by atoms with Crippen molar-refractivity contribution in [1.82, 2.24) is 0 Å². The summed E-state index contributed by atoms with van der Waals surface area (Å²) in [6, 6.07) is 10.8. The van der Waals surface area contributed by atoms with Gasteiger partial charge >= 0.3 is 0 Å². The Morgan fingerprint density at radius 2 is 2.12 bits per heavy atom. The Hall–Kier alpha value is -1.49. The van der Waals surface area contributed by atoms with E-state index in [9.17, 15) is 0 Å². The molecule has 2 nitrogen and oxygen atoms in total. The summed E-state index contributed by atoms with van der Waals surface area (Å²) in [5, 5.41) is 8.90. The maximum Gasteiger partial charge on any atom is 0.105 e. The van der Waals surface area contributed by atoms with Crippen molar-refractivity contribution in [2.75, 3.05) is 18.0 Å². The Balaban J connectivity index is 2.41. The second-order valence-electron chi connectivity index (χ2n) is 4.84. The van der Waals surface area contributed by atoms with E-state index in [4.69, 9.17) is 5.26 Å². The number of benzene rings is 1. The Morgan fingerprint density at radius 3 is 2.88 bits per heavy atom. The molecule has 84 valence electrons. The lowest BCUT2D eigenvalue weighted by Crippen LogP contribution is -2.27. The van der Waals surface area contributed by atoms with Crippen molar-refractivity contribution < 1.29 is 0 Å². The van der Waals surface area contributed by atoms with Gasteiger partial charge < -0.3 is 4.90 Å². The summed E-state index contributed by atoms with van der Waals surface area (Å²) >= 11 is 0. The van der Waals surface area contributed by atoms with Gasteiger partial charge in [-0.1, -0.05) is 32.0 Å². The predicted octanol–water partition coefficient (Wildman–Crippen LogP) is 3.16. The quantitative estimate of drug-likeness (QED) is 0.671. The highest BCUT2D eigenvalue weighted by Gasteiger charge is 2.23. The van der Waals surface area contributed by atoms with Crippen LogP contribution in [0.4, 0.5) is 5.69 Å². The molecule has 1 heterocycles. The van der Waals surface area contributed by atoms with Crippen LogP contribution in [0.5, 0.6) is 0 Å². The summed E-state index contributed by atoms with van der Waals surface area (Å²) in [5.74, 6) is 1.24. The fourth-order valence-electron chi connectivity index (χ4n) is 2.71. The first-order chi connectivity index (χ1) is 7.72. The molecule has 2 atom stereocenters. The lowest BCUT2D eigenvalue weighted by atomic mass is 9.92. The van der Waals surface area contributed by atoms with E-state index in [1.54, 1.807) is 0 Å². The summed E-state index contributed by atoms with van der Waals surface area (Å²) < 4.78 is 0. The van der Waals surface area contributed by atoms with E-state index in [1.165, 1.54) is 17.7 Å². The zero-order chi connectivity index (χ0) is 11.5. The zero-order valence-electron chi connectivity index (χ0n) is 9.98. The highest BCUT2D eigenvalue weighted by Crippen LogP contribution is 2.35. The van der Waals surface area contributed by atoms with E-state index < -0.39 is 0 Å². The van der Waals surface area contributed by atoms with Crippen LogP contribution in [-0.2, 0) is 0 Å². The van der Waals surface area contributed by atoms with Gasteiger partial charge in [0, 0.05) is 12.2 Å². The van der Waals surface area contributed by atoms with E-state index in [0.717, 1.165) is 6.54 Å². The number of nitriles is 1. The van der Waals surface area contributed by atoms with E-state index in [-0.39, 0.29) is 0 Å². The summed E-state index contributed by atoms with van der Waals surface area (Å²) in [6.45, 7) is 6.04. The monoisotopic (exact) mass is 214 g/mol. The van der Waals surface area contributed by atoms with Crippen molar-refractivity contribution in [2.45, 2.75) is 26.2 Å². The summed E-state index contributed by atoms with van der Waals surface area (Å²) in [7, 11) is 0. The molecule has 16 heavy (non-hydrogen) atoms. The van der Waals surface area contributed by atoms with Gasteiger partial charge in [-0.05, 0) is 29.9 Å². The first-order valence-corrected chi connectivity index (χ1v) is 5.93. The van der Waals surface area contributed by atoms with Gasteiger partial charge in [0.1, 0.15) is 6.54 Å². The molecule has 1 aliphatic rings. The minimum absolute atomic E-state index is 0.494. The van der Waals surface area contributed by atoms with Crippen LogP contribution in [0.2, 0.25) is 0 Å². The molecule has 1 aromatic rings. The molecule has 0 aliphatic carbocycles. The zero-order valence-corrected chi connectivity index (χ0v) is 9.98. The minimum atomic E-state index is 0.494. The largest absolute Gasteiger partial charge is 0.358 e. The van der Waals surface area contributed by atoms with Gasteiger partial charge in [-0.2, -0.15) is 5.26 Å². The number of para-hydroxylation sites is 1. The maximum absolute atomic E-state index is 8.90. The van der Waals surface area contributed by atoms with Gasteiger partial charge in [-0.25, -0.2) is 0 Å². The smallest absolute Gasteiger partial charge is 0.105 e. The molecule has 0 radical (unpaired) electrons. The number of anilines is 1. The van der Waals surface area contributed by atoms with Crippen LogP contribution in [0.15, 0.2) is 24.3 Å². The molecule has 0 N–H and O–H groups in total. The topological polar surface area (TPSA) is 27.0 Å². The highest BCUT2D eigenvalue weighted by atomic mass is 15.1. The second kappa shape index (κ2) is 4.57. The number of fused-ring (bicyclic) bond motifs is 1. The summed E-state index contributed by atoms with van der Waals surface area (Å²) in [5.41, 5.74) is 2.64. The van der Waals surface area contributed by atoms with Crippen molar-refractivity contribution in [1.29, 1.82) is 5.26 Å². The number of nitrogens with zero attached hydrogens (tertiary/aromatic N) is 2. The third kappa shape index (κ3) is 2.04. The fraction of sp³-hybridized carbons (Fsp3) is 0.500. The molecule has 0 unspecified atom stereocenters. The van der Waals surface area contributed by atoms with Crippen LogP contribution >= 0.6 is 0 Å². The van der Waals surface area contributed by atoms with Crippen LogP contribution in [0, 0.1) is 17.2 Å². The lowest BCUT2D eigenvalue weighted by molar-refractivity contribution is 0.499. The third-order valence-electron chi connectivity index (χ3n) is 3.36. The van der Waals surface area contributed by atoms with Gasteiger partial charge in [0.15, 0.2) is 0 Å². The van der Waals surface area contributed by atoms with E-state index >= 15 is 0 Å². The van der Waals surface area contributed by atoms with Crippen LogP contribution in [0.3, 0.4) is 0 Å². The maximum atomic E-state index is 8.90. The first kappa shape index (κ1) is 11.0. The average Bonchev–Trinajstić information content (AvgIpc) is 2.38. The van der Waals surface area contributed by atoms with Gasteiger partial charge in [0.2, 0.25) is 0 Å². The molecular formula is C14H18N2. The normalized spacial score (nSPS) is 24.4. The molecular weight excluding hydrogens is 196 g/mol. The predicted molar refractivity (Wildman–Crippen MR) is 66.5 cm³/mol. The Labute approximate surface area is 97.5 Å². The van der Waals surface area contributed by atoms with Crippen molar-refractivity contribution in [3.8, 4) is 6.07 Å². The SMILES string of the molecule is C[C@H]1C[C@@H](C)c2ccccc2N(CC#N)C1. The molecule has 0 spiro atoms. The van der Waals surface area contributed by atoms with Crippen LogP contribution < -0.4 is 4.90 Å². The molecule has 0 saturated heterocycles. The third-order valence-corrected chi connectivity index (χ3v) is 3.36. The Morgan fingerprint density at radius 1 is 1.38 bits per heavy atom. The number of hydrogen-bond donors (Lipinski definition) is 0. The van der Waals surface area contributed by atoms with Crippen LogP contribution in [0.25, 0.3) is 0 Å². The first-order valence-electron chi connectivity index (χ1n) is 5.93. The lowest BCUT2D eigenvalue weighted by Gasteiger charge is -2.23. The standard InChI is InChI=1S/C14H18N2/c1-11-9-12(2)13-5-3-4-6-14(13)16(10-11)8-7-15/h3-6,11-12H,8-10H2,1-2H3/t11-,12+/m0/s1. The Bertz CT molecular complexity index is 405. The molecule has 0 amide bonds. The van der Waals surface area contributed by atoms with Crippen LogP contribution in [-0.4, -0.2) is 13.1 Å². The van der Waals surface area contributed by atoms with E-state index in [2.05, 4.69) is 49.1 Å². The van der Waals surface area contributed by atoms with Crippen molar-refractivity contribution in [2.24, 2.45) is 5.92 Å². The molecule has 0 saturated carbocycles. The molecule has 0 fully saturated rings. The van der Waals surface area contributed by atoms with Crippen molar-refractivity contribution >= 4 is 5.69 Å². The molecule has 0 bridgehead atoms. The van der Waals surface area contributed by atoms with Gasteiger partial charge in [0.05, 0.1) is 6.07 Å². The summed E-state index contributed by atoms with van der Waals surface area (Å²) in [4.78, 5) is 2.21. The van der Waals surface area contributed by atoms with Crippen molar-refractivity contribution in [3.05, 3.63) is 29.8 Å². The summed E-state index contributed by atoms with van der Waals surface area (Å²) in [6.07, 6.45) is 1.21. The van der Waals surface area contributed by atoms with Crippen molar-refractivity contribution in [3.63, 3.8) is 0 Å². The number of rotatable bonds is 1. The van der Waals surface area contributed by atoms with Gasteiger partial charge in [-0.3, -0.25) is 0 Å². The van der Waals surface area contributed by atoms with Gasteiger partial charge in [-0.15, -0.1) is 0 Å². The van der Waals surface area contributed by atoms with E-state index in [1.807, 2.05) is 0 Å².